The molecule has 1 aromatic rings. The molecule has 0 aromatic heterocycles. The van der Waals surface area contributed by atoms with E-state index in [2.05, 4.69) is 30.4 Å². The van der Waals surface area contributed by atoms with Crippen LogP contribution >= 0.6 is 0 Å². The molecule has 1 aromatic carbocycles. The number of hydrogen-bond acceptors (Lipinski definition) is 2. The van der Waals surface area contributed by atoms with Gasteiger partial charge in [-0.1, -0.05) is 24.6 Å². The van der Waals surface area contributed by atoms with Gasteiger partial charge in [0.25, 0.3) is 0 Å². The summed E-state index contributed by atoms with van der Waals surface area (Å²) in [6.45, 7) is 5.67. The Kier molecular flexibility index (Phi) is 4.02. The average molecular weight is 246 g/mol. The van der Waals surface area contributed by atoms with Crippen molar-refractivity contribution in [2.24, 2.45) is 5.92 Å². The van der Waals surface area contributed by atoms with Crippen molar-refractivity contribution >= 4 is 11.6 Å². The van der Waals surface area contributed by atoms with E-state index in [9.17, 15) is 4.79 Å². The molecular weight excluding hydrogens is 224 g/mol. The smallest absolute Gasteiger partial charge is 0.231 e. The molecule has 0 fully saturated rings. The SMILES string of the molecule is CNCC(C)C(=O)N1CCCc2cc(C)ccc21. The predicted molar refractivity (Wildman–Crippen MR) is 74.9 cm³/mol. The number of amides is 1. The molecule has 3 heteroatoms. The summed E-state index contributed by atoms with van der Waals surface area (Å²) in [6.07, 6.45) is 2.15. The van der Waals surface area contributed by atoms with Gasteiger partial charge in [0, 0.05) is 24.7 Å². The van der Waals surface area contributed by atoms with Crippen LogP contribution in [-0.4, -0.2) is 26.0 Å². The van der Waals surface area contributed by atoms with Crippen LogP contribution in [0.4, 0.5) is 5.69 Å². The number of carbonyl (C=O) groups excluding carboxylic acids is 1. The minimum atomic E-state index is 0.0299. The van der Waals surface area contributed by atoms with Gasteiger partial charge in [0.1, 0.15) is 0 Å². The number of aryl methyl sites for hydroxylation is 2. The normalized spacial score (nSPS) is 16.3. The Balaban J connectivity index is 2.24. The van der Waals surface area contributed by atoms with Gasteiger partial charge >= 0.3 is 0 Å². The summed E-state index contributed by atoms with van der Waals surface area (Å²) < 4.78 is 0. The maximum atomic E-state index is 12.4. The first kappa shape index (κ1) is 13.1. The van der Waals surface area contributed by atoms with E-state index in [0.717, 1.165) is 31.6 Å². The molecule has 3 nitrogen and oxygen atoms in total. The van der Waals surface area contributed by atoms with E-state index in [1.807, 2.05) is 18.9 Å². The minimum Gasteiger partial charge on any atom is -0.319 e. The van der Waals surface area contributed by atoms with Crippen LogP contribution in [0.5, 0.6) is 0 Å². The Bertz CT molecular complexity index is 442. The number of carbonyl (C=O) groups is 1. The number of rotatable bonds is 3. The Morgan fingerprint density at radius 3 is 3.00 bits per heavy atom. The van der Waals surface area contributed by atoms with Gasteiger partial charge < -0.3 is 10.2 Å². The number of benzene rings is 1. The second kappa shape index (κ2) is 5.53. The quantitative estimate of drug-likeness (QED) is 0.886. The Labute approximate surface area is 109 Å². The Hall–Kier alpha value is -1.35. The topological polar surface area (TPSA) is 32.3 Å². The molecule has 1 amide bonds. The van der Waals surface area contributed by atoms with E-state index in [-0.39, 0.29) is 11.8 Å². The van der Waals surface area contributed by atoms with Gasteiger partial charge in [0.05, 0.1) is 0 Å². The Morgan fingerprint density at radius 2 is 2.28 bits per heavy atom. The summed E-state index contributed by atoms with van der Waals surface area (Å²) in [6, 6.07) is 6.39. The first-order valence-electron chi connectivity index (χ1n) is 6.69. The monoisotopic (exact) mass is 246 g/mol. The third-order valence-electron chi connectivity index (χ3n) is 3.55. The zero-order chi connectivity index (χ0) is 13.1. The largest absolute Gasteiger partial charge is 0.319 e. The van der Waals surface area contributed by atoms with Crippen LogP contribution in [0.1, 0.15) is 24.5 Å². The molecule has 2 rings (SSSR count). The van der Waals surface area contributed by atoms with E-state index in [1.54, 1.807) is 0 Å². The zero-order valence-corrected chi connectivity index (χ0v) is 11.5. The highest BCUT2D eigenvalue weighted by Gasteiger charge is 2.25. The maximum absolute atomic E-state index is 12.4. The summed E-state index contributed by atoms with van der Waals surface area (Å²) in [7, 11) is 1.89. The van der Waals surface area contributed by atoms with E-state index >= 15 is 0 Å². The lowest BCUT2D eigenvalue weighted by Crippen LogP contribution is -2.41. The van der Waals surface area contributed by atoms with Crippen molar-refractivity contribution < 1.29 is 4.79 Å². The highest BCUT2D eigenvalue weighted by atomic mass is 16.2. The molecule has 1 atom stereocenters. The number of fused-ring (bicyclic) bond motifs is 1. The lowest BCUT2D eigenvalue weighted by atomic mass is 9.98. The maximum Gasteiger partial charge on any atom is 0.231 e. The van der Waals surface area contributed by atoms with Gasteiger partial charge in [-0.2, -0.15) is 0 Å². The van der Waals surface area contributed by atoms with Crippen molar-refractivity contribution in [3.05, 3.63) is 29.3 Å². The van der Waals surface area contributed by atoms with Crippen LogP contribution in [0.3, 0.4) is 0 Å². The summed E-state index contributed by atoms with van der Waals surface area (Å²) in [5.74, 6) is 0.261. The van der Waals surface area contributed by atoms with Crippen LogP contribution in [0.2, 0.25) is 0 Å². The van der Waals surface area contributed by atoms with Crippen LogP contribution in [0.25, 0.3) is 0 Å². The summed E-state index contributed by atoms with van der Waals surface area (Å²) in [5, 5.41) is 3.07. The zero-order valence-electron chi connectivity index (χ0n) is 11.5. The fourth-order valence-corrected chi connectivity index (χ4v) is 2.61. The number of hydrogen-bond donors (Lipinski definition) is 1. The lowest BCUT2D eigenvalue weighted by Gasteiger charge is -2.31. The van der Waals surface area contributed by atoms with E-state index < -0.39 is 0 Å². The summed E-state index contributed by atoms with van der Waals surface area (Å²) in [5.41, 5.74) is 3.69. The molecule has 98 valence electrons. The first-order valence-corrected chi connectivity index (χ1v) is 6.69. The highest BCUT2D eigenvalue weighted by Crippen LogP contribution is 2.29. The van der Waals surface area contributed by atoms with Crippen LogP contribution in [0.15, 0.2) is 18.2 Å². The van der Waals surface area contributed by atoms with Gasteiger partial charge in [-0.05, 0) is 38.4 Å². The third kappa shape index (κ3) is 2.56. The lowest BCUT2D eigenvalue weighted by molar-refractivity contribution is -0.121. The molecule has 18 heavy (non-hydrogen) atoms. The van der Waals surface area contributed by atoms with Crippen molar-refractivity contribution in [2.45, 2.75) is 26.7 Å². The molecule has 0 saturated carbocycles. The van der Waals surface area contributed by atoms with Gasteiger partial charge in [-0.25, -0.2) is 0 Å². The predicted octanol–water partition coefficient (Wildman–Crippen LogP) is 2.13. The molecule has 1 aliphatic heterocycles. The molecule has 1 N–H and O–H groups in total. The standard InChI is InChI=1S/C15H22N2O/c1-11-6-7-14-13(9-11)5-4-8-17(14)15(18)12(2)10-16-3/h6-7,9,12,16H,4-5,8,10H2,1-3H3. The number of nitrogens with one attached hydrogen (secondary N) is 1. The van der Waals surface area contributed by atoms with Gasteiger partial charge in [-0.3, -0.25) is 4.79 Å². The van der Waals surface area contributed by atoms with Gasteiger partial charge in [0.15, 0.2) is 0 Å². The number of nitrogens with zero attached hydrogens (tertiary/aromatic N) is 1. The van der Waals surface area contributed by atoms with E-state index in [4.69, 9.17) is 0 Å². The van der Waals surface area contributed by atoms with Crippen molar-refractivity contribution in [3.63, 3.8) is 0 Å². The van der Waals surface area contributed by atoms with Crippen molar-refractivity contribution in [1.82, 2.24) is 5.32 Å². The van der Waals surface area contributed by atoms with Crippen molar-refractivity contribution in [2.75, 3.05) is 25.0 Å². The van der Waals surface area contributed by atoms with Crippen LogP contribution in [0, 0.1) is 12.8 Å². The molecule has 0 aliphatic carbocycles. The second-order valence-electron chi connectivity index (χ2n) is 5.18. The molecule has 1 unspecified atom stereocenters. The average Bonchev–Trinajstić information content (AvgIpc) is 2.37. The second-order valence-corrected chi connectivity index (χ2v) is 5.18. The molecular formula is C15H22N2O. The van der Waals surface area contributed by atoms with E-state index in [1.165, 1.54) is 11.1 Å². The fraction of sp³-hybridized carbons (Fsp3) is 0.533. The van der Waals surface area contributed by atoms with Gasteiger partial charge in [0.2, 0.25) is 5.91 Å². The van der Waals surface area contributed by atoms with Gasteiger partial charge in [-0.15, -0.1) is 0 Å². The van der Waals surface area contributed by atoms with E-state index in [0.29, 0.717) is 0 Å². The number of anilines is 1. The molecule has 0 saturated heterocycles. The minimum absolute atomic E-state index is 0.0299. The summed E-state index contributed by atoms with van der Waals surface area (Å²) >= 11 is 0. The first-order chi connectivity index (χ1) is 8.63. The molecule has 0 radical (unpaired) electrons. The molecule has 0 bridgehead atoms. The fourth-order valence-electron chi connectivity index (χ4n) is 2.61. The Morgan fingerprint density at radius 1 is 1.50 bits per heavy atom. The molecule has 1 aliphatic rings. The third-order valence-corrected chi connectivity index (χ3v) is 3.55. The molecule has 1 heterocycles. The van der Waals surface area contributed by atoms with Crippen LogP contribution in [-0.2, 0) is 11.2 Å². The highest BCUT2D eigenvalue weighted by molar-refractivity contribution is 5.96. The summed E-state index contributed by atoms with van der Waals surface area (Å²) in [4.78, 5) is 14.4. The van der Waals surface area contributed by atoms with Crippen molar-refractivity contribution in [1.29, 1.82) is 0 Å². The molecule has 0 spiro atoms. The van der Waals surface area contributed by atoms with Crippen molar-refractivity contribution in [3.8, 4) is 0 Å². The van der Waals surface area contributed by atoms with Crippen LogP contribution < -0.4 is 10.2 Å².